The zero-order valence-electron chi connectivity index (χ0n) is 19.2. The SMILES string of the molecule is O=C(Cn1nc(C(=O)O)cc1OCc1ccc(F)cc1)NC1CCCCC1OCc1ccccc1. The van der Waals surface area contributed by atoms with Gasteiger partial charge in [-0.3, -0.25) is 4.79 Å². The lowest BCUT2D eigenvalue weighted by atomic mass is 9.92. The summed E-state index contributed by atoms with van der Waals surface area (Å²) in [5, 5.41) is 16.4. The molecule has 1 heterocycles. The van der Waals surface area contributed by atoms with Crippen molar-refractivity contribution in [3.05, 3.63) is 83.3 Å². The first-order valence-electron chi connectivity index (χ1n) is 11.6. The van der Waals surface area contributed by atoms with E-state index >= 15 is 0 Å². The molecule has 0 radical (unpaired) electrons. The van der Waals surface area contributed by atoms with Crippen molar-refractivity contribution in [3.8, 4) is 5.88 Å². The number of carboxylic acid groups (broad SMARTS) is 1. The summed E-state index contributed by atoms with van der Waals surface area (Å²) in [5.41, 5.74) is 1.54. The monoisotopic (exact) mass is 481 g/mol. The van der Waals surface area contributed by atoms with Gasteiger partial charge in [-0.05, 0) is 36.1 Å². The van der Waals surface area contributed by atoms with Crippen LogP contribution in [0.1, 0.15) is 47.3 Å². The van der Waals surface area contributed by atoms with E-state index in [4.69, 9.17) is 9.47 Å². The van der Waals surface area contributed by atoms with Crippen molar-refractivity contribution in [2.24, 2.45) is 0 Å². The van der Waals surface area contributed by atoms with E-state index in [-0.39, 0.29) is 48.6 Å². The molecular formula is C26H28FN3O5. The number of carbonyl (C=O) groups excluding carboxylic acids is 1. The quantitative estimate of drug-likeness (QED) is 0.455. The van der Waals surface area contributed by atoms with Gasteiger partial charge >= 0.3 is 5.97 Å². The van der Waals surface area contributed by atoms with E-state index in [2.05, 4.69) is 10.4 Å². The highest BCUT2D eigenvalue weighted by Gasteiger charge is 2.28. The number of aromatic carboxylic acids is 1. The van der Waals surface area contributed by atoms with Crippen LogP contribution in [0, 0.1) is 5.82 Å². The highest BCUT2D eigenvalue weighted by molar-refractivity contribution is 5.85. The van der Waals surface area contributed by atoms with E-state index in [0.29, 0.717) is 12.2 Å². The maximum atomic E-state index is 13.1. The van der Waals surface area contributed by atoms with Crippen molar-refractivity contribution in [1.82, 2.24) is 15.1 Å². The number of hydrogen-bond donors (Lipinski definition) is 2. The molecule has 2 atom stereocenters. The average molecular weight is 482 g/mol. The van der Waals surface area contributed by atoms with Crippen molar-refractivity contribution in [2.45, 2.75) is 57.6 Å². The molecule has 8 nitrogen and oxygen atoms in total. The average Bonchev–Trinajstić information content (AvgIpc) is 3.26. The zero-order valence-corrected chi connectivity index (χ0v) is 19.2. The van der Waals surface area contributed by atoms with Crippen LogP contribution < -0.4 is 10.1 Å². The van der Waals surface area contributed by atoms with Crippen molar-refractivity contribution in [1.29, 1.82) is 0 Å². The molecule has 1 saturated carbocycles. The molecule has 9 heteroatoms. The normalized spacial score (nSPS) is 17.6. The molecule has 0 aliphatic heterocycles. The van der Waals surface area contributed by atoms with E-state index in [1.165, 1.54) is 22.9 Å². The Morgan fingerprint density at radius 3 is 2.49 bits per heavy atom. The minimum absolute atomic E-state index is 0.0741. The summed E-state index contributed by atoms with van der Waals surface area (Å²) in [6.45, 7) is 0.346. The van der Waals surface area contributed by atoms with E-state index in [1.54, 1.807) is 12.1 Å². The number of benzene rings is 2. The van der Waals surface area contributed by atoms with Gasteiger partial charge in [-0.1, -0.05) is 55.3 Å². The molecule has 3 aromatic rings. The zero-order chi connectivity index (χ0) is 24.6. The fourth-order valence-electron chi connectivity index (χ4n) is 4.10. The van der Waals surface area contributed by atoms with Gasteiger partial charge in [-0.2, -0.15) is 5.10 Å². The Morgan fingerprint density at radius 2 is 1.74 bits per heavy atom. The molecule has 2 aromatic carbocycles. The lowest BCUT2D eigenvalue weighted by Gasteiger charge is -2.32. The van der Waals surface area contributed by atoms with E-state index < -0.39 is 5.97 Å². The van der Waals surface area contributed by atoms with Crippen LogP contribution in [0.5, 0.6) is 5.88 Å². The summed E-state index contributed by atoms with van der Waals surface area (Å²) < 4.78 is 26.2. The number of hydrogen-bond acceptors (Lipinski definition) is 5. The van der Waals surface area contributed by atoms with Gasteiger partial charge < -0.3 is 19.9 Å². The van der Waals surface area contributed by atoms with Crippen LogP contribution in [0.4, 0.5) is 4.39 Å². The van der Waals surface area contributed by atoms with E-state index in [1.807, 2.05) is 30.3 Å². The number of rotatable bonds is 10. The van der Waals surface area contributed by atoms with Gasteiger partial charge in [0.2, 0.25) is 11.8 Å². The molecule has 35 heavy (non-hydrogen) atoms. The molecule has 0 spiro atoms. The van der Waals surface area contributed by atoms with Gasteiger partial charge in [-0.25, -0.2) is 13.9 Å². The number of nitrogens with zero attached hydrogens (tertiary/aromatic N) is 2. The summed E-state index contributed by atoms with van der Waals surface area (Å²) in [7, 11) is 0. The van der Waals surface area contributed by atoms with Crippen LogP contribution in [0.2, 0.25) is 0 Å². The molecule has 184 valence electrons. The fraction of sp³-hybridized carbons (Fsp3) is 0.346. The minimum atomic E-state index is -1.22. The lowest BCUT2D eigenvalue weighted by molar-refractivity contribution is -0.124. The predicted molar refractivity (Wildman–Crippen MR) is 125 cm³/mol. The van der Waals surface area contributed by atoms with Gasteiger partial charge in [0.05, 0.1) is 18.8 Å². The first kappa shape index (κ1) is 24.4. The summed E-state index contributed by atoms with van der Waals surface area (Å²) in [4.78, 5) is 24.3. The van der Waals surface area contributed by atoms with Crippen LogP contribution in [0.3, 0.4) is 0 Å². The summed E-state index contributed by atoms with van der Waals surface area (Å²) in [6.07, 6.45) is 3.59. The molecule has 1 aromatic heterocycles. The molecule has 0 bridgehead atoms. The van der Waals surface area contributed by atoms with Gasteiger partial charge in [-0.15, -0.1) is 0 Å². The standard InChI is InChI=1S/C26H28FN3O5/c27-20-12-10-19(11-13-20)17-35-25-14-22(26(32)33)29-30(25)15-24(31)28-21-8-4-5-9-23(21)34-16-18-6-2-1-3-7-18/h1-3,6-7,10-14,21,23H,4-5,8-9,15-17H2,(H,28,31)(H,32,33). The highest BCUT2D eigenvalue weighted by atomic mass is 19.1. The number of halogens is 1. The Balaban J connectivity index is 1.38. The Hall–Kier alpha value is -3.72. The maximum absolute atomic E-state index is 13.1. The Kier molecular flexibility index (Phi) is 8.10. The molecule has 1 amide bonds. The van der Waals surface area contributed by atoms with Gasteiger partial charge in [0.15, 0.2) is 5.69 Å². The smallest absolute Gasteiger partial charge is 0.356 e. The predicted octanol–water partition coefficient (Wildman–Crippen LogP) is 3.94. The number of nitrogens with one attached hydrogen (secondary N) is 1. The minimum Gasteiger partial charge on any atom is -0.476 e. The molecular weight excluding hydrogens is 453 g/mol. The third-order valence-electron chi connectivity index (χ3n) is 5.91. The molecule has 2 N–H and O–H groups in total. The second-order valence-electron chi connectivity index (χ2n) is 8.54. The number of ether oxygens (including phenoxy) is 2. The third-order valence-corrected chi connectivity index (χ3v) is 5.91. The van der Waals surface area contributed by atoms with Gasteiger partial charge in [0, 0.05) is 6.07 Å². The molecule has 1 aliphatic rings. The summed E-state index contributed by atoms with van der Waals surface area (Å²) in [6, 6.07) is 16.8. The molecule has 1 aliphatic carbocycles. The summed E-state index contributed by atoms with van der Waals surface area (Å²) >= 11 is 0. The van der Waals surface area contributed by atoms with Crippen molar-refractivity contribution in [3.63, 3.8) is 0 Å². The van der Waals surface area contributed by atoms with Crippen LogP contribution in [0.25, 0.3) is 0 Å². The maximum Gasteiger partial charge on any atom is 0.356 e. The Labute approximate surface area is 202 Å². The van der Waals surface area contributed by atoms with Gasteiger partial charge in [0.1, 0.15) is 19.0 Å². The molecule has 2 unspecified atom stereocenters. The largest absolute Gasteiger partial charge is 0.476 e. The van der Waals surface area contributed by atoms with Crippen LogP contribution in [-0.4, -0.2) is 38.9 Å². The first-order valence-corrected chi connectivity index (χ1v) is 11.6. The third kappa shape index (κ3) is 6.89. The second-order valence-corrected chi connectivity index (χ2v) is 8.54. The first-order chi connectivity index (χ1) is 17.0. The Morgan fingerprint density at radius 1 is 1.03 bits per heavy atom. The van der Waals surface area contributed by atoms with Crippen LogP contribution in [-0.2, 0) is 29.3 Å². The van der Waals surface area contributed by atoms with Crippen LogP contribution in [0.15, 0.2) is 60.7 Å². The lowest BCUT2D eigenvalue weighted by Crippen LogP contribution is -2.47. The van der Waals surface area contributed by atoms with E-state index in [9.17, 15) is 19.1 Å². The van der Waals surface area contributed by atoms with Gasteiger partial charge in [0.25, 0.3) is 0 Å². The molecule has 1 fully saturated rings. The topological polar surface area (TPSA) is 103 Å². The highest BCUT2D eigenvalue weighted by Crippen LogP contribution is 2.23. The Bertz CT molecular complexity index is 1130. The van der Waals surface area contributed by atoms with E-state index in [0.717, 1.165) is 31.2 Å². The second kappa shape index (κ2) is 11.6. The molecule has 0 saturated heterocycles. The number of amides is 1. The number of carboxylic acids is 1. The van der Waals surface area contributed by atoms with Crippen LogP contribution >= 0.6 is 0 Å². The summed E-state index contributed by atoms with van der Waals surface area (Å²) in [5.74, 6) is -1.76. The number of carbonyl (C=O) groups is 2. The molecule has 4 rings (SSSR count). The fourth-order valence-corrected chi connectivity index (χ4v) is 4.10. The van der Waals surface area contributed by atoms with Crippen molar-refractivity contribution < 1.29 is 28.6 Å². The van der Waals surface area contributed by atoms with Crippen molar-refractivity contribution >= 4 is 11.9 Å². The number of aromatic nitrogens is 2. The van der Waals surface area contributed by atoms with Crippen molar-refractivity contribution in [2.75, 3.05) is 0 Å².